The molecule has 6 unspecified atom stereocenters. The van der Waals surface area contributed by atoms with Crippen molar-refractivity contribution >= 4 is 13.7 Å². The van der Waals surface area contributed by atoms with E-state index in [1.54, 1.807) is 0 Å². The van der Waals surface area contributed by atoms with E-state index in [0.29, 0.717) is 19.3 Å². The Balaban J connectivity index is 2.46. The van der Waals surface area contributed by atoms with Gasteiger partial charge in [-0.25, -0.2) is 4.57 Å². The van der Waals surface area contributed by atoms with Gasteiger partial charge in [-0.1, -0.05) is 200 Å². The topological polar surface area (TPSA) is 206 Å². The van der Waals surface area contributed by atoms with Gasteiger partial charge in [0.1, 0.15) is 36.6 Å². The molecule has 0 radical (unpaired) electrons. The smallest absolute Gasteiger partial charge is 0.391 e. The molecule has 1 aliphatic carbocycles. The van der Waals surface area contributed by atoms with E-state index in [-0.39, 0.29) is 12.3 Å². The lowest BCUT2D eigenvalue weighted by Gasteiger charge is -2.41. The minimum atomic E-state index is -5.05. The maximum absolute atomic E-state index is 12.9. The molecule has 0 saturated heterocycles. The second-order valence-corrected chi connectivity index (χ2v) is 18.4. The molecular formula is C44H88NO11P. The Bertz CT molecular complexity index is 978. The number of hydrogen-bond donors (Lipinski definition) is 8. The first-order valence-electron chi connectivity index (χ1n) is 23.5. The molecule has 1 amide bonds. The number of phosphoric ester groups is 1. The highest BCUT2D eigenvalue weighted by molar-refractivity contribution is 7.47. The summed E-state index contributed by atoms with van der Waals surface area (Å²) >= 11 is 0. The van der Waals surface area contributed by atoms with Crippen LogP contribution in [0.4, 0.5) is 0 Å². The molecule has 0 aromatic heterocycles. The van der Waals surface area contributed by atoms with Gasteiger partial charge < -0.3 is 40.8 Å². The van der Waals surface area contributed by atoms with Crippen molar-refractivity contribution in [3.63, 3.8) is 0 Å². The van der Waals surface area contributed by atoms with Gasteiger partial charge in [-0.3, -0.25) is 13.8 Å². The minimum Gasteiger partial charge on any atom is -0.391 e. The van der Waals surface area contributed by atoms with Crippen molar-refractivity contribution in [2.75, 3.05) is 6.61 Å². The number of carbonyl (C=O) groups is 1. The molecule has 57 heavy (non-hydrogen) atoms. The van der Waals surface area contributed by atoms with E-state index < -0.39 is 63.2 Å². The van der Waals surface area contributed by atoms with Crippen molar-refractivity contribution in [1.82, 2.24) is 5.32 Å². The van der Waals surface area contributed by atoms with Gasteiger partial charge in [0.25, 0.3) is 0 Å². The van der Waals surface area contributed by atoms with Crippen molar-refractivity contribution in [1.29, 1.82) is 0 Å². The summed E-state index contributed by atoms with van der Waals surface area (Å²) in [6.45, 7) is 3.90. The van der Waals surface area contributed by atoms with Crippen LogP contribution in [-0.4, -0.2) is 96.8 Å². The zero-order valence-electron chi connectivity index (χ0n) is 36.2. The first kappa shape index (κ1) is 54.4. The third-order valence-electron chi connectivity index (χ3n) is 11.7. The number of amides is 1. The molecule has 8 N–H and O–H groups in total. The van der Waals surface area contributed by atoms with E-state index in [1.165, 1.54) is 141 Å². The molecule has 13 heteroatoms. The number of unbranched alkanes of at least 4 members (excludes halogenated alkanes) is 28. The Morgan fingerprint density at radius 2 is 0.842 bits per heavy atom. The Labute approximate surface area is 346 Å². The molecular weight excluding hydrogens is 749 g/mol. The van der Waals surface area contributed by atoms with Crippen LogP contribution in [0.25, 0.3) is 0 Å². The van der Waals surface area contributed by atoms with E-state index in [2.05, 4.69) is 19.2 Å². The predicted octanol–water partition coefficient (Wildman–Crippen LogP) is 8.68. The Morgan fingerprint density at radius 1 is 0.526 bits per heavy atom. The number of hydrogen-bond acceptors (Lipinski definition) is 10. The standard InChI is InChI=1S/C44H88NO11P/c1-3-5-7-9-11-13-15-17-19-20-21-23-25-27-29-31-33-37(46)36(35-55-57(53,54)56-44-42(51)40(49)39(48)41(50)43(44)52)45-38(47)34-32-30-28-26-24-22-18-16-14-12-10-8-6-4-2/h36-37,39-44,46,48-52H,3-35H2,1-2H3,(H,45,47)(H,53,54)/t36-,37+,39?,40+,41?,42?,43?,44?/m0/s1. The summed E-state index contributed by atoms with van der Waals surface area (Å²) in [7, 11) is -5.05. The van der Waals surface area contributed by atoms with Gasteiger partial charge in [-0.05, 0) is 12.8 Å². The van der Waals surface area contributed by atoms with Crippen molar-refractivity contribution in [3.05, 3.63) is 0 Å². The molecule has 340 valence electrons. The van der Waals surface area contributed by atoms with Crippen LogP contribution in [0.1, 0.15) is 219 Å². The lowest BCUT2D eigenvalue weighted by Crippen LogP contribution is -2.64. The van der Waals surface area contributed by atoms with Gasteiger partial charge in [-0.15, -0.1) is 0 Å². The van der Waals surface area contributed by atoms with E-state index in [1.807, 2.05) is 0 Å². The van der Waals surface area contributed by atoms with E-state index in [4.69, 9.17) is 9.05 Å². The fourth-order valence-electron chi connectivity index (χ4n) is 7.79. The number of aliphatic hydroxyl groups excluding tert-OH is 6. The van der Waals surface area contributed by atoms with Gasteiger partial charge in [0.05, 0.1) is 18.8 Å². The van der Waals surface area contributed by atoms with E-state index in [9.17, 15) is 44.9 Å². The van der Waals surface area contributed by atoms with Gasteiger partial charge in [0, 0.05) is 6.42 Å². The second kappa shape index (κ2) is 35.0. The van der Waals surface area contributed by atoms with Crippen molar-refractivity contribution in [3.8, 4) is 0 Å². The summed E-state index contributed by atoms with van der Waals surface area (Å²) in [5.74, 6) is -0.305. The molecule has 1 rings (SSSR count). The first-order chi connectivity index (χ1) is 27.4. The van der Waals surface area contributed by atoms with E-state index in [0.717, 1.165) is 38.5 Å². The number of rotatable bonds is 39. The molecule has 0 bridgehead atoms. The van der Waals surface area contributed by atoms with Crippen LogP contribution in [0, 0.1) is 0 Å². The second-order valence-electron chi connectivity index (χ2n) is 17.0. The quantitative estimate of drug-likeness (QED) is 0.0217. The first-order valence-corrected chi connectivity index (χ1v) is 25.0. The van der Waals surface area contributed by atoms with Crippen LogP contribution >= 0.6 is 7.82 Å². The Hall–Kier alpha value is -0.660. The number of nitrogens with one attached hydrogen (secondary N) is 1. The number of phosphoric acid groups is 1. The van der Waals surface area contributed by atoms with Gasteiger partial charge in [-0.2, -0.15) is 0 Å². The summed E-state index contributed by atoms with van der Waals surface area (Å²) in [6.07, 6.45) is 24.1. The average molecular weight is 838 g/mol. The normalized spacial score (nSPS) is 23.3. The zero-order chi connectivity index (χ0) is 42.2. The average Bonchev–Trinajstić information content (AvgIpc) is 3.19. The largest absolute Gasteiger partial charge is 0.472 e. The summed E-state index contributed by atoms with van der Waals surface area (Å²) in [5.41, 5.74) is 0. The van der Waals surface area contributed by atoms with Gasteiger partial charge in [0.2, 0.25) is 5.91 Å². The third kappa shape index (κ3) is 27.0. The fourth-order valence-corrected chi connectivity index (χ4v) is 8.76. The van der Waals surface area contributed by atoms with Gasteiger partial charge in [0.15, 0.2) is 0 Å². The van der Waals surface area contributed by atoms with Crippen LogP contribution in [-0.2, 0) is 18.4 Å². The number of carbonyl (C=O) groups excluding carboxylic acids is 1. The molecule has 0 heterocycles. The lowest BCUT2D eigenvalue weighted by atomic mass is 9.85. The maximum Gasteiger partial charge on any atom is 0.472 e. The van der Waals surface area contributed by atoms with E-state index >= 15 is 0 Å². The van der Waals surface area contributed by atoms with Crippen LogP contribution in [0.5, 0.6) is 0 Å². The van der Waals surface area contributed by atoms with Crippen molar-refractivity contribution in [2.24, 2.45) is 0 Å². The number of aliphatic hydroxyl groups is 6. The fraction of sp³-hybridized carbons (Fsp3) is 0.977. The highest BCUT2D eigenvalue weighted by Crippen LogP contribution is 2.47. The van der Waals surface area contributed by atoms with Crippen LogP contribution in [0.3, 0.4) is 0 Å². The summed E-state index contributed by atoms with van der Waals surface area (Å²) in [6, 6.07) is -1.02. The lowest BCUT2D eigenvalue weighted by molar-refractivity contribution is -0.220. The molecule has 0 aromatic carbocycles. The SMILES string of the molecule is CCCCCCCCCCCCCCCCCC[C@@H](O)[C@H](COP(=O)(O)OC1C(O)C(O)C(O)[C@@H](O)C1O)NC(=O)CCCCCCCCCCCCCCCC. The highest BCUT2D eigenvalue weighted by Gasteiger charge is 2.51. The molecule has 0 spiro atoms. The molecule has 1 fully saturated rings. The Morgan fingerprint density at radius 3 is 1.21 bits per heavy atom. The molecule has 0 aliphatic heterocycles. The Kier molecular flexibility index (Phi) is 33.4. The summed E-state index contributed by atoms with van der Waals surface area (Å²) in [5, 5.41) is 64.1. The zero-order valence-corrected chi connectivity index (χ0v) is 37.1. The van der Waals surface area contributed by atoms with Crippen molar-refractivity contribution in [2.45, 2.75) is 268 Å². The highest BCUT2D eigenvalue weighted by atomic mass is 31.2. The van der Waals surface area contributed by atoms with Crippen LogP contribution in [0.15, 0.2) is 0 Å². The molecule has 12 nitrogen and oxygen atoms in total. The molecule has 1 aliphatic rings. The van der Waals surface area contributed by atoms with Crippen molar-refractivity contribution < 1.29 is 53.9 Å². The molecule has 9 atom stereocenters. The van der Waals surface area contributed by atoms with Crippen LogP contribution < -0.4 is 5.32 Å². The third-order valence-corrected chi connectivity index (χ3v) is 12.7. The van der Waals surface area contributed by atoms with Crippen LogP contribution in [0.2, 0.25) is 0 Å². The maximum atomic E-state index is 12.9. The monoisotopic (exact) mass is 838 g/mol. The molecule has 0 aromatic rings. The summed E-state index contributed by atoms with van der Waals surface area (Å²) < 4.78 is 23.0. The summed E-state index contributed by atoms with van der Waals surface area (Å²) in [4.78, 5) is 23.4. The van der Waals surface area contributed by atoms with Gasteiger partial charge >= 0.3 is 7.82 Å². The minimum absolute atomic E-state index is 0.242. The predicted molar refractivity (Wildman–Crippen MR) is 228 cm³/mol. The molecule has 1 saturated carbocycles.